The summed E-state index contributed by atoms with van der Waals surface area (Å²) in [6.45, 7) is 3.91. The Kier molecular flexibility index (Phi) is 5.56. The molecule has 2 N–H and O–H groups in total. The van der Waals surface area contributed by atoms with Crippen LogP contribution in [0.3, 0.4) is 0 Å². The van der Waals surface area contributed by atoms with Crippen LogP contribution in [0.5, 0.6) is 0 Å². The number of aromatic nitrogens is 2. The van der Waals surface area contributed by atoms with Crippen molar-refractivity contribution in [3.05, 3.63) is 18.0 Å². The molecule has 0 aromatic carbocycles. The van der Waals surface area contributed by atoms with Gasteiger partial charge in [-0.25, -0.2) is 0 Å². The number of hydrogen-bond donors (Lipinski definition) is 2. The van der Waals surface area contributed by atoms with Crippen molar-refractivity contribution in [3.8, 4) is 0 Å². The normalized spacial score (nSPS) is 10.4. The Labute approximate surface area is 96.2 Å². The molecule has 0 aliphatic heterocycles. The highest BCUT2D eigenvalue weighted by atomic mass is 16.1. The first-order valence-corrected chi connectivity index (χ1v) is 5.67. The summed E-state index contributed by atoms with van der Waals surface area (Å²) in [5.41, 5.74) is 1.09. The zero-order chi connectivity index (χ0) is 11.8. The van der Waals surface area contributed by atoms with E-state index in [-0.39, 0.29) is 5.91 Å². The van der Waals surface area contributed by atoms with Crippen molar-refractivity contribution < 1.29 is 4.79 Å². The third-order valence-electron chi connectivity index (χ3n) is 2.23. The van der Waals surface area contributed by atoms with Gasteiger partial charge >= 0.3 is 0 Å². The molecule has 0 bridgehead atoms. The van der Waals surface area contributed by atoms with Crippen LogP contribution in [0.25, 0.3) is 0 Å². The molecular formula is C11H20N4O. The number of carbonyl (C=O) groups excluding carboxylic acids is 1. The highest BCUT2D eigenvalue weighted by Gasteiger charge is 2.00. The standard InChI is InChI=1S/C11H20N4O/c1-3-4-5-13-11(16)8-12-6-10-7-14-15(2)9-10/h7,9,12H,3-6,8H2,1-2H3,(H,13,16). The first-order valence-electron chi connectivity index (χ1n) is 5.67. The minimum atomic E-state index is 0.0531. The molecule has 0 radical (unpaired) electrons. The molecular weight excluding hydrogens is 204 g/mol. The fourth-order valence-corrected chi connectivity index (χ4v) is 1.35. The smallest absolute Gasteiger partial charge is 0.233 e. The zero-order valence-electron chi connectivity index (χ0n) is 9.99. The maximum atomic E-state index is 11.3. The Morgan fingerprint density at radius 3 is 3.00 bits per heavy atom. The van der Waals surface area contributed by atoms with Crippen molar-refractivity contribution in [2.45, 2.75) is 26.3 Å². The number of carbonyl (C=O) groups is 1. The third kappa shape index (κ3) is 4.93. The number of nitrogens with zero attached hydrogens (tertiary/aromatic N) is 2. The molecule has 90 valence electrons. The van der Waals surface area contributed by atoms with E-state index in [1.807, 2.05) is 13.2 Å². The van der Waals surface area contributed by atoms with Gasteiger partial charge in [0.15, 0.2) is 0 Å². The summed E-state index contributed by atoms with van der Waals surface area (Å²) in [6.07, 6.45) is 5.86. The Morgan fingerprint density at radius 1 is 1.56 bits per heavy atom. The van der Waals surface area contributed by atoms with Gasteiger partial charge in [-0.2, -0.15) is 5.10 Å². The molecule has 1 aromatic heterocycles. The van der Waals surface area contributed by atoms with Crippen molar-refractivity contribution in [1.82, 2.24) is 20.4 Å². The maximum Gasteiger partial charge on any atom is 0.233 e. The van der Waals surface area contributed by atoms with E-state index < -0.39 is 0 Å². The van der Waals surface area contributed by atoms with Gasteiger partial charge in [-0.3, -0.25) is 9.48 Å². The monoisotopic (exact) mass is 224 g/mol. The Morgan fingerprint density at radius 2 is 2.38 bits per heavy atom. The van der Waals surface area contributed by atoms with Crippen LogP contribution in [0.2, 0.25) is 0 Å². The molecule has 1 heterocycles. The fraction of sp³-hybridized carbons (Fsp3) is 0.636. The molecule has 0 aliphatic rings. The lowest BCUT2D eigenvalue weighted by Crippen LogP contribution is -2.34. The summed E-state index contributed by atoms with van der Waals surface area (Å²) in [5.74, 6) is 0.0531. The predicted octanol–water partition coefficient (Wildman–Crippen LogP) is 0.426. The lowest BCUT2D eigenvalue weighted by atomic mass is 10.3. The fourth-order valence-electron chi connectivity index (χ4n) is 1.35. The van der Waals surface area contributed by atoms with Crippen molar-refractivity contribution in [1.29, 1.82) is 0 Å². The minimum Gasteiger partial charge on any atom is -0.355 e. The van der Waals surface area contributed by atoms with Crippen LogP contribution in [0.4, 0.5) is 0 Å². The van der Waals surface area contributed by atoms with Crippen LogP contribution in [0.15, 0.2) is 12.4 Å². The SMILES string of the molecule is CCCCNC(=O)CNCc1cnn(C)c1. The van der Waals surface area contributed by atoms with Gasteiger partial charge in [0.1, 0.15) is 0 Å². The molecule has 16 heavy (non-hydrogen) atoms. The average Bonchev–Trinajstić information content (AvgIpc) is 2.65. The number of nitrogens with one attached hydrogen (secondary N) is 2. The number of unbranched alkanes of at least 4 members (excludes halogenated alkanes) is 1. The van der Waals surface area contributed by atoms with Gasteiger partial charge in [-0.1, -0.05) is 13.3 Å². The van der Waals surface area contributed by atoms with E-state index in [9.17, 15) is 4.79 Å². The lowest BCUT2D eigenvalue weighted by Gasteiger charge is -2.04. The molecule has 0 saturated carbocycles. The first-order chi connectivity index (χ1) is 7.72. The summed E-state index contributed by atoms with van der Waals surface area (Å²) in [4.78, 5) is 11.3. The number of rotatable bonds is 7. The van der Waals surface area contributed by atoms with Crippen LogP contribution in [0.1, 0.15) is 25.3 Å². The van der Waals surface area contributed by atoms with E-state index in [0.717, 1.165) is 24.9 Å². The van der Waals surface area contributed by atoms with E-state index in [2.05, 4.69) is 22.7 Å². The first kappa shape index (κ1) is 12.7. The second kappa shape index (κ2) is 7.00. The predicted molar refractivity (Wildman–Crippen MR) is 62.8 cm³/mol. The summed E-state index contributed by atoms with van der Waals surface area (Å²) < 4.78 is 1.75. The lowest BCUT2D eigenvalue weighted by molar-refractivity contribution is -0.120. The average molecular weight is 224 g/mol. The highest BCUT2D eigenvalue weighted by molar-refractivity contribution is 5.77. The number of hydrogen-bond acceptors (Lipinski definition) is 3. The highest BCUT2D eigenvalue weighted by Crippen LogP contribution is 1.94. The summed E-state index contributed by atoms with van der Waals surface area (Å²) in [7, 11) is 1.88. The van der Waals surface area contributed by atoms with Crippen LogP contribution < -0.4 is 10.6 Å². The maximum absolute atomic E-state index is 11.3. The van der Waals surface area contributed by atoms with Gasteiger partial charge in [-0.05, 0) is 6.42 Å². The van der Waals surface area contributed by atoms with Crippen molar-refractivity contribution in [2.24, 2.45) is 7.05 Å². The zero-order valence-corrected chi connectivity index (χ0v) is 9.99. The second-order valence-corrected chi connectivity index (χ2v) is 3.83. The van der Waals surface area contributed by atoms with Crippen LogP contribution >= 0.6 is 0 Å². The second-order valence-electron chi connectivity index (χ2n) is 3.83. The number of amides is 1. The Balaban J connectivity index is 2.08. The molecule has 0 atom stereocenters. The van der Waals surface area contributed by atoms with Gasteiger partial charge < -0.3 is 10.6 Å². The van der Waals surface area contributed by atoms with E-state index in [0.29, 0.717) is 13.1 Å². The van der Waals surface area contributed by atoms with Crippen molar-refractivity contribution in [2.75, 3.05) is 13.1 Å². The molecule has 1 rings (SSSR count). The number of aryl methyl sites for hydroxylation is 1. The molecule has 1 amide bonds. The van der Waals surface area contributed by atoms with Gasteiger partial charge in [0.25, 0.3) is 0 Å². The van der Waals surface area contributed by atoms with E-state index >= 15 is 0 Å². The molecule has 0 fully saturated rings. The van der Waals surface area contributed by atoms with Crippen LogP contribution in [-0.4, -0.2) is 28.8 Å². The Bertz CT molecular complexity index is 322. The topological polar surface area (TPSA) is 59.0 Å². The summed E-state index contributed by atoms with van der Waals surface area (Å²) in [6, 6.07) is 0. The van der Waals surface area contributed by atoms with E-state index in [1.165, 1.54) is 0 Å². The molecule has 0 unspecified atom stereocenters. The van der Waals surface area contributed by atoms with E-state index in [4.69, 9.17) is 0 Å². The molecule has 0 saturated heterocycles. The quantitative estimate of drug-likeness (QED) is 0.660. The molecule has 5 heteroatoms. The third-order valence-corrected chi connectivity index (χ3v) is 2.23. The Hall–Kier alpha value is -1.36. The van der Waals surface area contributed by atoms with Crippen LogP contribution in [-0.2, 0) is 18.4 Å². The van der Waals surface area contributed by atoms with Gasteiger partial charge in [0.2, 0.25) is 5.91 Å². The van der Waals surface area contributed by atoms with Gasteiger partial charge in [0, 0.05) is 31.9 Å². The largest absolute Gasteiger partial charge is 0.355 e. The van der Waals surface area contributed by atoms with Gasteiger partial charge in [0.05, 0.1) is 12.7 Å². The van der Waals surface area contributed by atoms with Crippen molar-refractivity contribution in [3.63, 3.8) is 0 Å². The summed E-state index contributed by atoms with van der Waals surface area (Å²) in [5, 5.41) is 9.98. The molecule has 0 aliphatic carbocycles. The van der Waals surface area contributed by atoms with E-state index in [1.54, 1.807) is 10.9 Å². The molecule has 1 aromatic rings. The van der Waals surface area contributed by atoms with Crippen molar-refractivity contribution >= 4 is 5.91 Å². The molecule has 5 nitrogen and oxygen atoms in total. The van der Waals surface area contributed by atoms with Crippen LogP contribution in [0, 0.1) is 0 Å². The molecule has 0 spiro atoms. The minimum absolute atomic E-state index is 0.0531. The van der Waals surface area contributed by atoms with Gasteiger partial charge in [-0.15, -0.1) is 0 Å². The summed E-state index contributed by atoms with van der Waals surface area (Å²) >= 11 is 0.